The summed E-state index contributed by atoms with van der Waals surface area (Å²) in [5.41, 5.74) is 1.65. The first-order chi connectivity index (χ1) is 15.1. The zero-order chi connectivity index (χ0) is 21.3. The van der Waals surface area contributed by atoms with Gasteiger partial charge in [-0.1, -0.05) is 60.1 Å². The number of hydrogen-bond donors (Lipinski definition) is 0. The van der Waals surface area contributed by atoms with Gasteiger partial charge in [0.25, 0.3) is 5.56 Å². The zero-order valence-electron chi connectivity index (χ0n) is 16.6. The van der Waals surface area contributed by atoms with Crippen LogP contribution in [-0.4, -0.2) is 10.4 Å². The van der Waals surface area contributed by atoms with Crippen molar-refractivity contribution in [3.8, 4) is 0 Å². The van der Waals surface area contributed by atoms with Gasteiger partial charge in [0, 0.05) is 33.8 Å². The molecule has 0 aliphatic rings. The second-order valence-corrected chi connectivity index (χ2v) is 8.30. The van der Waals surface area contributed by atoms with Crippen molar-refractivity contribution in [2.45, 2.75) is 0 Å². The minimum Gasteiger partial charge on any atom is -0.310 e. The molecule has 6 rings (SSSR count). The number of fused-ring (bicyclic) bond motifs is 2. The molecule has 31 heavy (non-hydrogen) atoms. The molecule has 0 spiro atoms. The summed E-state index contributed by atoms with van der Waals surface area (Å²) in [6.45, 7) is 0. The number of carbonyl (C=O) groups excluding carboxylic acids is 1. The summed E-state index contributed by atoms with van der Waals surface area (Å²) in [5, 5.41) is 6.97. The first-order valence-corrected chi connectivity index (χ1v) is 10.4. The minimum atomic E-state index is -0.124. The molecule has 0 N–H and O–H groups in total. The Morgan fingerprint density at radius 2 is 1.45 bits per heavy atom. The molecule has 0 saturated heterocycles. The van der Waals surface area contributed by atoms with E-state index in [2.05, 4.69) is 12.1 Å². The van der Waals surface area contributed by atoms with Crippen molar-refractivity contribution < 1.29 is 4.79 Å². The predicted octanol–water partition coefficient (Wildman–Crippen LogP) is 6.32. The van der Waals surface area contributed by atoms with E-state index in [9.17, 15) is 9.59 Å². The van der Waals surface area contributed by atoms with Crippen LogP contribution in [0.25, 0.3) is 43.2 Å². The number of aryl methyl sites for hydroxylation is 1. The van der Waals surface area contributed by atoms with Gasteiger partial charge in [0.2, 0.25) is 0 Å². The molecule has 0 radical (unpaired) electrons. The van der Waals surface area contributed by atoms with Crippen LogP contribution in [0.2, 0.25) is 5.02 Å². The van der Waals surface area contributed by atoms with Crippen molar-refractivity contribution in [3.63, 3.8) is 0 Å². The fourth-order valence-corrected chi connectivity index (χ4v) is 4.94. The Bertz CT molecular complexity index is 1730. The summed E-state index contributed by atoms with van der Waals surface area (Å²) in [5.74, 6) is -0.124. The zero-order valence-corrected chi connectivity index (χ0v) is 17.4. The average molecular weight is 422 g/mol. The molecule has 5 aromatic carbocycles. The van der Waals surface area contributed by atoms with Gasteiger partial charge in [0.05, 0.1) is 11.1 Å². The molecule has 0 aliphatic carbocycles. The van der Waals surface area contributed by atoms with Crippen LogP contribution in [0.5, 0.6) is 0 Å². The summed E-state index contributed by atoms with van der Waals surface area (Å²) >= 11 is 6.05. The Hall–Kier alpha value is -3.69. The molecule has 1 heterocycles. The summed E-state index contributed by atoms with van der Waals surface area (Å²) < 4.78 is 1.62. The maximum absolute atomic E-state index is 13.8. The summed E-state index contributed by atoms with van der Waals surface area (Å²) in [7, 11) is 1.75. The van der Waals surface area contributed by atoms with E-state index < -0.39 is 0 Å². The van der Waals surface area contributed by atoms with Crippen LogP contribution < -0.4 is 5.56 Å². The van der Waals surface area contributed by atoms with E-state index in [0.29, 0.717) is 27.1 Å². The first-order valence-electron chi connectivity index (χ1n) is 10.0. The fraction of sp³-hybridized carbons (Fsp3) is 0.0370. The predicted molar refractivity (Wildman–Crippen MR) is 128 cm³/mol. The van der Waals surface area contributed by atoms with Crippen LogP contribution in [0.3, 0.4) is 0 Å². The van der Waals surface area contributed by atoms with Crippen molar-refractivity contribution in [2.24, 2.45) is 7.05 Å². The number of carbonyl (C=O) groups is 1. The molecular formula is C27H16ClNO2. The van der Waals surface area contributed by atoms with Gasteiger partial charge < -0.3 is 4.57 Å². The van der Waals surface area contributed by atoms with Gasteiger partial charge >= 0.3 is 0 Å². The van der Waals surface area contributed by atoms with Gasteiger partial charge in [-0.15, -0.1) is 0 Å². The minimum absolute atomic E-state index is 0.106. The van der Waals surface area contributed by atoms with Crippen molar-refractivity contribution in [2.75, 3.05) is 0 Å². The first kappa shape index (κ1) is 18.1. The Balaban J connectivity index is 1.92. The number of rotatable bonds is 2. The molecule has 6 aromatic rings. The number of halogens is 1. The van der Waals surface area contributed by atoms with Gasteiger partial charge in [-0.25, -0.2) is 0 Å². The second kappa shape index (κ2) is 6.40. The SMILES string of the molecule is Cn1c(=O)c2cccc3ccc4c5ccccc5c(C(=O)c5ccc(Cl)cc5)c1c4c32. The smallest absolute Gasteiger partial charge is 0.258 e. The molecule has 3 nitrogen and oxygen atoms in total. The number of nitrogens with zero attached hydrogens (tertiary/aromatic N) is 1. The molecule has 0 fully saturated rings. The van der Waals surface area contributed by atoms with E-state index in [1.54, 1.807) is 35.9 Å². The van der Waals surface area contributed by atoms with Gasteiger partial charge in [-0.3, -0.25) is 9.59 Å². The molecular weight excluding hydrogens is 406 g/mol. The maximum Gasteiger partial charge on any atom is 0.258 e. The van der Waals surface area contributed by atoms with E-state index in [4.69, 9.17) is 11.6 Å². The monoisotopic (exact) mass is 421 g/mol. The highest BCUT2D eigenvalue weighted by atomic mass is 35.5. The number of pyridine rings is 1. The molecule has 4 heteroatoms. The Labute approximate surface area is 182 Å². The molecule has 0 bridgehead atoms. The number of ketones is 1. The Morgan fingerprint density at radius 1 is 0.742 bits per heavy atom. The third-order valence-electron chi connectivity index (χ3n) is 6.21. The third kappa shape index (κ3) is 2.41. The molecule has 0 amide bonds. The fourth-order valence-electron chi connectivity index (χ4n) is 4.81. The lowest BCUT2D eigenvalue weighted by molar-refractivity contribution is 0.104. The van der Waals surface area contributed by atoms with Gasteiger partial charge in [0.1, 0.15) is 0 Å². The lowest BCUT2D eigenvalue weighted by atomic mass is 9.88. The van der Waals surface area contributed by atoms with Crippen molar-refractivity contribution in [1.29, 1.82) is 0 Å². The standard InChI is InChI=1S/C27H16ClNO2/c1-29-25-23-20(14-11-15-5-4-8-21(22(15)23)27(29)31)18-6-2-3-7-19(18)24(25)26(30)16-9-12-17(28)13-10-16/h2-14H,1H3. The van der Waals surface area contributed by atoms with Gasteiger partial charge in [0.15, 0.2) is 5.78 Å². The number of aromatic nitrogens is 1. The molecule has 1 aromatic heterocycles. The lowest BCUT2D eigenvalue weighted by Gasteiger charge is -2.19. The second-order valence-electron chi connectivity index (χ2n) is 7.86. The topological polar surface area (TPSA) is 39.1 Å². The van der Waals surface area contributed by atoms with Crippen LogP contribution >= 0.6 is 11.6 Å². The van der Waals surface area contributed by atoms with Crippen LogP contribution in [-0.2, 0) is 7.05 Å². The van der Waals surface area contributed by atoms with Crippen LogP contribution in [0, 0.1) is 0 Å². The van der Waals surface area contributed by atoms with Gasteiger partial charge in [-0.05, 0) is 51.9 Å². The quantitative estimate of drug-likeness (QED) is 0.186. The van der Waals surface area contributed by atoms with E-state index in [1.165, 1.54) is 0 Å². The van der Waals surface area contributed by atoms with Crippen LogP contribution in [0.15, 0.2) is 83.7 Å². The highest BCUT2D eigenvalue weighted by Crippen LogP contribution is 2.40. The Kier molecular flexibility index (Phi) is 3.74. The van der Waals surface area contributed by atoms with Crippen molar-refractivity contribution in [1.82, 2.24) is 4.57 Å². The molecule has 0 aliphatic heterocycles. The highest BCUT2D eigenvalue weighted by molar-refractivity contribution is 6.35. The molecule has 148 valence electrons. The summed E-state index contributed by atoms with van der Waals surface area (Å²) in [6.07, 6.45) is 0. The van der Waals surface area contributed by atoms with E-state index in [0.717, 1.165) is 32.3 Å². The number of benzene rings is 5. The molecule has 0 saturated carbocycles. The maximum atomic E-state index is 13.8. The lowest BCUT2D eigenvalue weighted by Crippen LogP contribution is -2.20. The van der Waals surface area contributed by atoms with Crippen LogP contribution in [0.4, 0.5) is 0 Å². The summed E-state index contributed by atoms with van der Waals surface area (Å²) in [6, 6.07) is 24.7. The van der Waals surface area contributed by atoms with Crippen molar-refractivity contribution >= 4 is 60.6 Å². The molecule has 0 unspecified atom stereocenters. The average Bonchev–Trinajstić information content (AvgIpc) is 2.80. The third-order valence-corrected chi connectivity index (χ3v) is 6.46. The largest absolute Gasteiger partial charge is 0.310 e. The van der Waals surface area contributed by atoms with E-state index >= 15 is 0 Å². The van der Waals surface area contributed by atoms with E-state index in [1.807, 2.05) is 42.5 Å². The number of hydrogen-bond acceptors (Lipinski definition) is 2. The van der Waals surface area contributed by atoms with Crippen molar-refractivity contribution in [3.05, 3.63) is 105 Å². The van der Waals surface area contributed by atoms with Crippen LogP contribution in [0.1, 0.15) is 15.9 Å². The van der Waals surface area contributed by atoms with E-state index in [-0.39, 0.29) is 11.3 Å². The normalized spacial score (nSPS) is 11.8. The highest BCUT2D eigenvalue weighted by Gasteiger charge is 2.24. The van der Waals surface area contributed by atoms with Gasteiger partial charge in [-0.2, -0.15) is 0 Å². The molecule has 0 atom stereocenters. The Morgan fingerprint density at radius 3 is 2.23 bits per heavy atom. The summed E-state index contributed by atoms with van der Waals surface area (Å²) in [4.78, 5) is 27.2.